The molecule has 1 amide bonds. The van der Waals surface area contributed by atoms with E-state index in [9.17, 15) is 14.9 Å². The molecule has 0 aliphatic heterocycles. The Morgan fingerprint density at radius 1 is 0.933 bits per heavy atom. The van der Waals surface area contributed by atoms with Gasteiger partial charge in [-0.15, -0.1) is 0 Å². The van der Waals surface area contributed by atoms with Gasteiger partial charge in [-0.2, -0.15) is 0 Å². The first-order chi connectivity index (χ1) is 14.5. The lowest BCUT2D eigenvalue weighted by atomic mass is 10.0. The van der Waals surface area contributed by atoms with Gasteiger partial charge < -0.3 is 5.32 Å². The zero-order valence-electron chi connectivity index (χ0n) is 16.7. The van der Waals surface area contributed by atoms with Gasteiger partial charge in [-0.1, -0.05) is 30.3 Å². The maximum atomic E-state index is 13.2. The highest BCUT2D eigenvalue weighted by atomic mass is 16.6. The summed E-state index contributed by atoms with van der Waals surface area (Å²) in [4.78, 5) is 32.5. The average Bonchev–Trinajstić information content (AvgIpc) is 2.78. The molecular weight excluding hydrogens is 382 g/mol. The van der Waals surface area contributed by atoms with Crippen LogP contribution in [-0.4, -0.2) is 20.8 Å². The zero-order valence-corrected chi connectivity index (χ0v) is 16.7. The van der Waals surface area contributed by atoms with Crippen molar-refractivity contribution in [3.8, 4) is 0 Å². The van der Waals surface area contributed by atoms with Crippen molar-refractivity contribution >= 4 is 11.6 Å². The molecule has 0 bridgehead atoms. The van der Waals surface area contributed by atoms with Crippen LogP contribution in [0.25, 0.3) is 0 Å². The number of benzene rings is 1. The number of carbonyl (C=O) groups is 1. The lowest BCUT2D eigenvalue weighted by molar-refractivity contribution is -0.385. The summed E-state index contributed by atoms with van der Waals surface area (Å²) in [5.41, 5.74) is 1.90. The van der Waals surface area contributed by atoms with Crippen LogP contribution in [-0.2, 0) is 4.79 Å². The standard InChI is InChI=1S/C22H23N5O3/c1-15(17-7-5-11-23-13-17)25-21(19-9-3-4-10-20(19)27(29)30)22(28)26-16(2)18-8-6-12-24-14-18/h3-16,21,25H,1-2H3,(H,26,28). The lowest BCUT2D eigenvalue weighted by Gasteiger charge is -2.25. The van der Waals surface area contributed by atoms with Crippen LogP contribution in [0.5, 0.6) is 0 Å². The summed E-state index contributed by atoms with van der Waals surface area (Å²) >= 11 is 0. The average molecular weight is 405 g/mol. The monoisotopic (exact) mass is 405 g/mol. The van der Waals surface area contributed by atoms with Gasteiger partial charge in [-0.05, 0) is 37.1 Å². The molecule has 0 fully saturated rings. The molecule has 0 spiro atoms. The molecule has 2 heterocycles. The number of pyridine rings is 2. The van der Waals surface area contributed by atoms with E-state index in [2.05, 4.69) is 20.6 Å². The first-order valence-corrected chi connectivity index (χ1v) is 9.57. The van der Waals surface area contributed by atoms with Crippen LogP contribution in [0.3, 0.4) is 0 Å². The molecule has 3 unspecified atom stereocenters. The van der Waals surface area contributed by atoms with E-state index in [1.807, 2.05) is 26.0 Å². The number of nitrogens with zero attached hydrogens (tertiary/aromatic N) is 3. The molecule has 3 atom stereocenters. The second-order valence-electron chi connectivity index (χ2n) is 6.94. The molecule has 0 aliphatic rings. The van der Waals surface area contributed by atoms with Gasteiger partial charge in [0.05, 0.1) is 16.5 Å². The highest BCUT2D eigenvalue weighted by Gasteiger charge is 2.30. The molecule has 0 radical (unpaired) electrons. The number of para-hydroxylation sites is 1. The van der Waals surface area contributed by atoms with Crippen molar-refractivity contribution in [2.75, 3.05) is 0 Å². The molecule has 0 aliphatic carbocycles. The minimum atomic E-state index is -0.930. The second-order valence-corrected chi connectivity index (χ2v) is 6.94. The van der Waals surface area contributed by atoms with Crippen LogP contribution in [0.4, 0.5) is 5.69 Å². The van der Waals surface area contributed by atoms with E-state index < -0.39 is 11.0 Å². The summed E-state index contributed by atoms with van der Waals surface area (Å²) < 4.78 is 0. The predicted molar refractivity (Wildman–Crippen MR) is 112 cm³/mol. The molecule has 2 aromatic heterocycles. The molecule has 2 N–H and O–H groups in total. The molecule has 0 saturated carbocycles. The third kappa shape index (κ3) is 5.03. The molecule has 30 heavy (non-hydrogen) atoms. The third-order valence-electron chi connectivity index (χ3n) is 4.85. The Hall–Kier alpha value is -3.65. The van der Waals surface area contributed by atoms with E-state index in [1.54, 1.807) is 55.1 Å². The Labute approximate surface area is 174 Å². The predicted octanol–water partition coefficient (Wildman–Crippen LogP) is 3.65. The summed E-state index contributed by atoms with van der Waals surface area (Å²) in [6.07, 6.45) is 6.70. The molecule has 3 rings (SSSR count). The minimum absolute atomic E-state index is 0.113. The van der Waals surface area contributed by atoms with Crippen molar-refractivity contribution < 1.29 is 9.72 Å². The van der Waals surface area contributed by atoms with Crippen LogP contribution < -0.4 is 10.6 Å². The van der Waals surface area contributed by atoms with E-state index >= 15 is 0 Å². The number of carbonyl (C=O) groups excluding carboxylic acids is 1. The van der Waals surface area contributed by atoms with E-state index in [1.165, 1.54) is 6.07 Å². The van der Waals surface area contributed by atoms with Gasteiger partial charge >= 0.3 is 0 Å². The molecule has 3 aromatic rings. The fourth-order valence-corrected chi connectivity index (χ4v) is 3.20. The first-order valence-electron chi connectivity index (χ1n) is 9.57. The van der Waals surface area contributed by atoms with Crippen LogP contribution in [0.2, 0.25) is 0 Å². The number of amides is 1. The molecular formula is C22H23N5O3. The molecule has 8 heteroatoms. The summed E-state index contributed by atoms with van der Waals surface area (Å²) in [5.74, 6) is -0.364. The van der Waals surface area contributed by atoms with Crippen molar-refractivity contribution in [3.63, 3.8) is 0 Å². The third-order valence-corrected chi connectivity index (χ3v) is 4.85. The van der Waals surface area contributed by atoms with Crippen molar-refractivity contribution in [1.82, 2.24) is 20.6 Å². The zero-order chi connectivity index (χ0) is 21.5. The number of rotatable bonds is 8. The van der Waals surface area contributed by atoms with Crippen LogP contribution in [0.15, 0.2) is 73.3 Å². The van der Waals surface area contributed by atoms with Gasteiger partial charge in [0.1, 0.15) is 6.04 Å². The van der Waals surface area contributed by atoms with Crippen LogP contribution in [0, 0.1) is 10.1 Å². The normalized spacial score (nSPS) is 13.8. The quantitative estimate of drug-likeness (QED) is 0.437. The van der Waals surface area contributed by atoms with Crippen molar-refractivity contribution in [2.24, 2.45) is 0 Å². The van der Waals surface area contributed by atoms with Crippen molar-refractivity contribution in [2.45, 2.75) is 32.0 Å². The molecule has 1 aromatic carbocycles. The summed E-state index contributed by atoms with van der Waals surface area (Å²) in [5, 5.41) is 17.7. The van der Waals surface area contributed by atoms with Crippen LogP contribution in [0.1, 0.15) is 48.7 Å². The van der Waals surface area contributed by atoms with E-state index in [0.29, 0.717) is 5.56 Å². The fraction of sp³-hybridized carbons (Fsp3) is 0.227. The minimum Gasteiger partial charge on any atom is -0.348 e. The number of nitro benzene ring substituents is 1. The largest absolute Gasteiger partial charge is 0.348 e. The van der Waals surface area contributed by atoms with Gasteiger partial charge in [0.15, 0.2) is 0 Å². The first kappa shape index (κ1) is 21.1. The summed E-state index contributed by atoms with van der Waals surface area (Å²) in [6, 6.07) is 12.1. The van der Waals surface area contributed by atoms with E-state index in [4.69, 9.17) is 0 Å². The van der Waals surface area contributed by atoms with Gasteiger partial charge in [-0.3, -0.25) is 30.2 Å². The number of hydrogen-bond acceptors (Lipinski definition) is 6. The summed E-state index contributed by atoms with van der Waals surface area (Å²) in [7, 11) is 0. The molecule has 0 saturated heterocycles. The smallest absolute Gasteiger partial charge is 0.274 e. The van der Waals surface area contributed by atoms with Gasteiger partial charge in [-0.25, -0.2) is 0 Å². The molecule has 154 valence electrons. The maximum absolute atomic E-state index is 13.2. The van der Waals surface area contributed by atoms with Crippen LogP contribution >= 0.6 is 0 Å². The highest BCUT2D eigenvalue weighted by molar-refractivity contribution is 5.84. The number of hydrogen-bond donors (Lipinski definition) is 2. The number of nitrogens with one attached hydrogen (secondary N) is 2. The SMILES string of the molecule is CC(NC(=O)C(NC(C)c1cccnc1)c1ccccc1[N+](=O)[O-])c1cccnc1. The maximum Gasteiger partial charge on any atom is 0.274 e. The Kier molecular flexibility index (Phi) is 6.82. The Bertz CT molecular complexity index is 998. The van der Waals surface area contributed by atoms with Gasteiger partial charge in [0.25, 0.3) is 5.69 Å². The lowest BCUT2D eigenvalue weighted by Crippen LogP contribution is -2.40. The van der Waals surface area contributed by atoms with Gasteiger partial charge in [0.2, 0.25) is 5.91 Å². The fourth-order valence-electron chi connectivity index (χ4n) is 3.20. The summed E-state index contributed by atoms with van der Waals surface area (Å²) in [6.45, 7) is 3.73. The van der Waals surface area contributed by atoms with E-state index in [-0.39, 0.29) is 23.7 Å². The van der Waals surface area contributed by atoms with Gasteiger partial charge in [0, 0.05) is 36.9 Å². The van der Waals surface area contributed by atoms with Crippen molar-refractivity contribution in [1.29, 1.82) is 0 Å². The molecule has 8 nitrogen and oxygen atoms in total. The Morgan fingerprint density at radius 2 is 1.53 bits per heavy atom. The van der Waals surface area contributed by atoms with E-state index in [0.717, 1.165) is 11.1 Å². The highest BCUT2D eigenvalue weighted by Crippen LogP contribution is 2.28. The number of aromatic nitrogens is 2. The topological polar surface area (TPSA) is 110 Å². The van der Waals surface area contributed by atoms with Crippen molar-refractivity contribution in [3.05, 3.63) is 100 Å². The number of nitro groups is 1. The second kappa shape index (κ2) is 9.71. The Morgan fingerprint density at radius 3 is 2.10 bits per heavy atom. The Balaban J connectivity index is 1.91.